The zero-order valence-corrected chi connectivity index (χ0v) is 9.38. The Morgan fingerprint density at radius 3 is 2.76 bits per heavy atom. The fraction of sp³-hybridized carbons (Fsp3) is 0.364. The smallest absolute Gasteiger partial charge is 0.339 e. The number of carboxylic acids is 1. The number of rotatable bonds is 6. The van der Waals surface area contributed by atoms with Gasteiger partial charge in [0, 0.05) is 12.2 Å². The number of aliphatic hydroxyl groups excluding tert-OH is 2. The van der Waals surface area contributed by atoms with Crippen LogP contribution in [0.3, 0.4) is 0 Å². The van der Waals surface area contributed by atoms with Gasteiger partial charge in [-0.1, -0.05) is 0 Å². The number of aliphatic hydroxyl groups is 2. The lowest BCUT2D eigenvalue weighted by atomic mass is 10.1. The summed E-state index contributed by atoms with van der Waals surface area (Å²) in [7, 11) is 1.39. The molecule has 1 aromatic rings. The summed E-state index contributed by atoms with van der Waals surface area (Å²) in [5, 5.41) is 29.5. The van der Waals surface area contributed by atoms with Gasteiger partial charge in [-0.15, -0.1) is 0 Å². The Balaban J connectivity index is 2.81. The highest BCUT2D eigenvalue weighted by Gasteiger charge is 2.11. The lowest BCUT2D eigenvalue weighted by Gasteiger charge is -2.12. The van der Waals surface area contributed by atoms with Gasteiger partial charge in [0.05, 0.1) is 19.8 Å². The first-order chi connectivity index (χ1) is 8.08. The molecule has 6 heteroatoms. The second kappa shape index (κ2) is 6.07. The van der Waals surface area contributed by atoms with Gasteiger partial charge in [0.1, 0.15) is 11.3 Å². The number of ether oxygens (including phenoxy) is 1. The number of carbonyl (C=O) groups is 1. The number of benzene rings is 1. The van der Waals surface area contributed by atoms with E-state index in [1.165, 1.54) is 19.2 Å². The first-order valence-electron chi connectivity index (χ1n) is 5.02. The zero-order chi connectivity index (χ0) is 12.8. The van der Waals surface area contributed by atoms with Gasteiger partial charge in [0.15, 0.2) is 0 Å². The lowest BCUT2D eigenvalue weighted by molar-refractivity contribution is 0.0693. The molecule has 1 aromatic carbocycles. The molecular weight excluding hydrogens is 226 g/mol. The van der Waals surface area contributed by atoms with Crippen LogP contribution in [0.15, 0.2) is 18.2 Å². The van der Waals surface area contributed by atoms with E-state index in [2.05, 4.69) is 5.32 Å². The summed E-state index contributed by atoms with van der Waals surface area (Å²) in [5.41, 5.74) is 0.576. The van der Waals surface area contributed by atoms with Crippen LogP contribution in [0, 0.1) is 0 Å². The van der Waals surface area contributed by atoms with Crippen LogP contribution in [-0.4, -0.2) is 47.7 Å². The number of nitrogens with one attached hydrogen (secondary N) is 1. The molecule has 0 saturated heterocycles. The van der Waals surface area contributed by atoms with E-state index in [0.29, 0.717) is 5.69 Å². The van der Waals surface area contributed by atoms with Crippen molar-refractivity contribution in [3.63, 3.8) is 0 Å². The third-order valence-electron chi connectivity index (χ3n) is 2.18. The van der Waals surface area contributed by atoms with E-state index in [4.69, 9.17) is 20.1 Å². The average Bonchev–Trinajstić information content (AvgIpc) is 2.35. The van der Waals surface area contributed by atoms with Crippen LogP contribution in [0.25, 0.3) is 0 Å². The summed E-state index contributed by atoms with van der Waals surface area (Å²) in [5.74, 6) is -0.820. The van der Waals surface area contributed by atoms with Crippen molar-refractivity contribution in [2.75, 3.05) is 25.6 Å². The van der Waals surface area contributed by atoms with Gasteiger partial charge in [-0.25, -0.2) is 4.79 Å². The van der Waals surface area contributed by atoms with Gasteiger partial charge < -0.3 is 25.4 Å². The number of carboxylic acid groups (broad SMARTS) is 1. The predicted octanol–water partition coefficient (Wildman–Crippen LogP) is 0.158. The molecule has 0 heterocycles. The lowest BCUT2D eigenvalue weighted by Crippen LogP contribution is -2.23. The largest absolute Gasteiger partial charge is 0.496 e. The molecule has 0 radical (unpaired) electrons. The van der Waals surface area contributed by atoms with E-state index in [1.807, 2.05) is 0 Å². The van der Waals surface area contributed by atoms with Crippen LogP contribution >= 0.6 is 0 Å². The number of aromatic carboxylic acids is 1. The highest BCUT2D eigenvalue weighted by molar-refractivity contribution is 5.92. The van der Waals surface area contributed by atoms with Crippen molar-refractivity contribution in [2.24, 2.45) is 0 Å². The molecule has 17 heavy (non-hydrogen) atoms. The molecule has 0 aromatic heterocycles. The summed E-state index contributed by atoms with van der Waals surface area (Å²) in [6, 6.07) is 4.57. The van der Waals surface area contributed by atoms with E-state index < -0.39 is 12.1 Å². The minimum atomic E-state index is -1.09. The fourth-order valence-electron chi connectivity index (χ4n) is 1.29. The monoisotopic (exact) mass is 241 g/mol. The van der Waals surface area contributed by atoms with E-state index in [1.54, 1.807) is 6.07 Å². The summed E-state index contributed by atoms with van der Waals surface area (Å²) in [4.78, 5) is 10.9. The van der Waals surface area contributed by atoms with Crippen molar-refractivity contribution < 1.29 is 24.9 Å². The van der Waals surface area contributed by atoms with Crippen molar-refractivity contribution in [2.45, 2.75) is 6.10 Å². The Morgan fingerprint density at radius 1 is 1.53 bits per heavy atom. The van der Waals surface area contributed by atoms with Crippen molar-refractivity contribution >= 4 is 11.7 Å². The van der Waals surface area contributed by atoms with Crippen molar-refractivity contribution in [3.05, 3.63) is 23.8 Å². The third kappa shape index (κ3) is 3.61. The van der Waals surface area contributed by atoms with Gasteiger partial charge in [-0.05, 0) is 18.2 Å². The second-order valence-electron chi connectivity index (χ2n) is 3.44. The maximum absolute atomic E-state index is 10.9. The summed E-state index contributed by atoms with van der Waals surface area (Å²) < 4.78 is 4.91. The molecule has 0 amide bonds. The van der Waals surface area contributed by atoms with Crippen molar-refractivity contribution in [1.29, 1.82) is 0 Å². The summed E-state index contributed by atoms with van der Waals surface area (Å²) in [6.07, 6.45) is -0.884. The van der Waals surface area contributed by atoms with Gasteiger partial charge in [0.25, 0.3) is 0 Å². The van der Waals surface area contributed by atoms with Crippen LogP contribution in [-0.2, 0) is 0 Å². The fourth-order valence-corrected chi connectivity index (χ4v) is 1.29. The second-order valence-corrected chi connectivity index (χ2v) is 3.44. The highest BCUT2D eigenvalue weighted by Crippen LogP contribution is 2.22. The maximum Gasteiger partial charge on any atom is 0.339 e. The molecule has 0 saturated carbocycles. The number of hydrogen-bond donors (Lipinski definition) is 4. The molecule has 0 fully saturated rings. The molecule has 1 atom stereocenters. The highest BCUT2D eigenvalue weighted by atomic mass is 16.5. The van der Waals surface area contributed by atoms with E-state index in [9.17, 15) is 4.79 Å². The Bertz CT molecular complexity index is 393. The Morgan fingerprint density at radius 2 is 2.24 bits per heavy atom. The molecule has 1 unspecified atom stereocenters. The Labute approximate surface area is 98.5 Å². The zero-order valence-electron chi connectivity index (χ0n) is 9.38. The van der Waals surface area contributed by atoms with Crippen LogP contribution in [0.5, 0.6) is 5.75 Å². The Hall–Kier alpha value is -1.79. The van der Waals surface area contributed by atoms with Gasteiger partial charge >= 0.3 is 5.97 Å². The molecular formula is C11H15NO5. The van der Waals surface area contributed by atoms with Gasteiger partial charge in [-0.3, -0.25) is 0 Å². The van der Waals surface area contributed by atoms with Gasteiger partial charge in [0.2, 0.25) is 0 Å². The van der Waals surface area contributed by atoms with Crippen LogP contribution in [0.4, 0.5) is 5.69 Å². The number of anilines is 1. The standard InChI is InChI=1S/C11H15NO5/c1-17-10-3-2-7(4-9(10)11(15)16)12-5-8(14)6-13/h2-4,8,12-14H,5-6H2,1H3,(H,15,16). The molecule has 1 rings (SSSR count). The third-order valence-corrected chi connectivity index (χ3v) is 2.18. The summed E-state index contributed by atoms with van der Waals surface area (Å²) >= 11 is 0. The summed E-state index contributed by atoms with van der Waals surface area (Å²) in [6.45, 7) is -0.211. The minimum Gasteiger partial charge on any atom is -0.496 e. The van der Waals surface area contributed by atoms with E-state index >= 15 is 0 Å². The maximum atomic E-state index is 10.9. The normalized spacial score (nSPS) is 11.9. The quantitative estimate of drug-likeness (QED) is 0.566. The number of methoxy groups -OCH3 is 1. The molecule has 94 valence electrons. The first kappa shape index (κ1) is 13.3. The van der Waals surface area contributed by atoms with Crippen LogP contribution < -0.4 is 10.1 Å². The molecule has 0 aliphatic carbocycles. The van der Waals surface area contributed by atoms with Crippen LogP contribution in [0.1, 0.15) is 10.4 Å². The van der Waals surface area contributed by atoms with E-state index in [0.717, 1.165) is 0 Å². The molecule has 0 aliphatic rings. The molecule has 4 N–H and O–H groups in total. The average molecular weight is 241 g/mol. The first-order valence-corrected chi connectivity index (χ1v) is 5.02. The van der Waals surface area contributed by atoms with Gasteiger partial charge in [-0.2, -0.15) is 0 Å². The number of hydrogen-bond acceptors (Lipinski definition) is 5. The van der Waals surface area contributed by atoms with E-state index in [-0.39, 0.29) is 24.5 Å². The Kier molecular flexibility index (Phi) is 4.74. The van der Waals surface area contributed by atoms with Crippen molar-refractivity contribution in [1.82, 2.24) is 0 Å². The predicted molar refractivity (Wildman–Crippen MR) is 61.5 cm³/mol. The van der Waals surface area contributed by atoms with Crippen LogP contribution in [0.2, 0.25) is 0 Å². The SMILES string of the molecule is COc1ccc(NCC(O)CO)cc1C(=O)O. The molecule has 0 spiro atoms. The molecule has 0 bridgehead atoms. The molecule has 0 aliphatic heterocycles. The van der Waals surface area contributed by atoms with Crippen molar-refractivity contribution in [3.8, 4) is 5.75 Å². The minimum absolute atomic E-state index is 0.0380. The molecule has 6 nitrogen and oxygen atoms in total. The topological polar surface area (TPSA) is 99.0 Å².